The first-order valence-electron chi connectivity index (χ1n) is 10.1. The molecule has 0 bridgehead atoms. The standard InChI is InChI=1S/C22H25F3N2O5S/c1-6-15(12-31-33(5,28)29)27-11-14(3)21-18(27)9-13(2)20(26-21)17-8-7-16(10-19(17)30-4)32-22(23,24)25/h7-11,15H,6,12H2,1-5H3/t15-/m0/s1. The molecule has 0 aliphatic heterocycles. The van der Waals surface area contributed by atoms with Crippen LogP contribution in [0.3, 0.4) is 0 Å². The highest BCUT2D eigenvalue weighted by atomic mass is 32.2. The van der Waals surface area contributed by atoms with Crippen LogP contribution in [0, 0.1) is 13.8 Å². The molecule has 0 fully saturated rings. The lowest BCUT2D eigenvalue weighted by Gasteiger charge is -2.18. The number of alkyl halides is 3. The molecule has 33 heavy (non-hydrogen) atoms. The van der Waals surface area contributed by atoms with Gasteiger partial charge in [0.1, 0.15) is 11.5 Å². The minimum Gasteiger partial charge on any atom is -0.496 e. The summed E-state index contributed by atoms with van der Waals surface area (Å²) in [6.07, 6.45) is -1.28. The zero-order chi connectivity index (χ0) is 24.6. The molecule has 3 aromatic rings. The average molecular weight is 487 g/mol. The number of halogens is 3. The number of fused-ring (bicyclic) bond motifs is 1. The van der Waals surface area contributed by atoms with Crippen LogP contribution in [0.15, 0.2) is 30.5 Å². The molecule has 1 aromatic carbocycles. The molecular weight excluding hydrogens is 461 g/mol. The van der Waals surface area contributed by atoms with Crippen molar-refractivity contribution in [3.63, 3.8) is 0 Å². The summed E-state index contributed by atoms with van der Waals surface area (Å²) in [5.74, 6) is -0.197. The maximum absolute atomic E-state index is 12.6. The Morgan fingerprint density at radius 2 is 1.85 bits per heavy atom. The largest absolute Gasteiger partial charge is 0.573 e. The lowest BCUT2D eigenvalue weighted by molar-refractivity contribution is -0.274. The predicted molar refractivity (Wildman–Crippen MR) is 118 cm³/mol. The molecule has 0 radical (unpaired) electrons. The van der Waals surface area contributed by atoms with Crippen molar-refractivity contribution in [2.45, 2.75) is 39.6 Å². The van der Waals surface area contributed by atoms with E-state index in [1.165, 1.54) is 25.3 Å². The maximum atomic E-state index is 12.6. The molecule has 0 amide bonds. The predicted octanol–water partition coefficient (Wildman–Crippen LogP) is 5.15. The Hall–Kier alpha value is -2.79. The minimum atomic E-state index is -4.81. The Morgan fingerprint density at radius 3 is 2.42 bits per heavy atom. The minimum absolute atomic E-state index is 0.00611. The number of rotatable bonds is 8. The van der Waals surface area contributed by atoms with Gasteiger partial charge in [-0.3, -0.25) is 4.18 Å². The van der Waals surface area contributed by atoms with E-state index in [1.54, 1.807) is 0 Å². The SMILES string of the molecule is CC[C@@H](COS(C)(=O)=O)n1cc(C)c2nc(-c3ccc(OC(F)(F)F)cc3OC)c(C)cc21. The summed E-state index contributed by atoms with van der Waals surface area (Å²) in [5, 5.41) is 0. The normalized spacial score (nSPS) is 13.3. The van der Waals surface area contributed by atoms with E-state index in [9.17, 15) is 21.6 Å². The third-order valence-corrected chi connectivity index (χ3v) is 5.74. The molecule has 180 valence electrons. The van der Waals surface area contributed by atoms with E-state index < -0.39 is 16.5 Å². The number of aryl methyl sites for hydroxylation is 2. The van der Waals surface area contributed by atoms with Gasteiger partial charge in [0.15, 0.2) is 0 Å². The van der Waals surface area contributed by atoms with E-state index in [0.717, 1.165) is 22.9 Å². The van der Waals surface area contributed by atoms with E-state index in [1.807, 2.05) is 37.6 Å². The zero-order valence-electron chi connectivity index (χ0n) is 18.9. The van der Waals surface area contributed by atoms with Crippen LogP contribution in [0.4, 0.5) is 13.2 Å². The summed E-state index contributed by atoms with van der Waals surface area (Å²) >= 11 is 0. The summed E-state index contributed by atoms with van der Waals surface area (Å²) in [6.45, 7) is 5.64. The van der Waals surface area contributed by atoms with Crippen LogP contribution in [0.2, 0.25) is 0 Å². The van der Waals surface area contributed by atoms with Crippen molar-refractivity contribution >= 4 is 21.2 Å². The molecule has 0 aliphatic carbocycles. The number of ether oxygens (including phenoxy) is 2. The van der Waals surface area contributed by atoms with Gasteiger partial charge in [0, 0.05) is 17.8 Å². The Labute approximate surface area is 190 Å². The highest BCUT2D eigenvalue weighted by Gasteiger charge is 2.31. The molecule has 1 atom stereocenters. The van der Waals surface area contributed by atoms with E-state index in [-0.39, 0.29) is 24.1 Å². The number of hydrogen-bond acceptors (Lipinski definition) is 6. The molecular formula is C22H25F3N2O5S. The van der Waals surface area contributed by atoms with Crippen molar-refractivity contribution in [3.05, 3.63) is 41.6 Å². The van der Waals surface area contributed by atoms with Gasteiger partial charge in [0.05, 0.1) is 42.7 Å². The molecule has 0 saturated carbocycles. The van der Waals surface area contributed by atoms with Crippen molar-refractivity contribution in [3.8, 4) is 22.8 Å². The molecule has 0 unspecified atom stereocenters. The maximum Gasteiger partial charge on any atom is 0.573 e. The fraction of sp³-hybridized carbons (Fsp3) is 0.409. The fourth-order valence-electron chi connectivity index (χ4n) is 3.66. The van der Waals surface area contributed by atoms with Gasteiger partial charge in [0.2, 0.25) is 0 Å². The van der Waals surface area contributed by atoms with Crippen LogP contribution in [0.25, 0.3) is 22.3 Å². The number of hydrogen-bond donors (Lipinski definition) is 0. The average Bonchev–Trinajstić information content (AvgIpc) is 3.01. The molecule has 3 rings (SSSR count). The second kappa shape index (κ2) is 9.22. The summed E-state index contributed by atoms with van der Waals surface area (Å²) < 4.78 is 76.9. The van der Waals surface area contributed by atoms with Gasteiger partial charge in [-0.25, -0.2) is 4.98 Å². The second-order valence-electron chi connectivity index (χ2n) is 7.70. The van der Waals surface area contributed by atoms with E-state index in [0.29, 0.717) is 23.2 Å². The van der Waals surface area contributed by atoms with Gasteiger partial charge in [0.25, 0.3) is 10.1 Å². The Balaban J connectivity index is 2.07. The highest BCUT2D eigenvalue weighted by molar-refractivity contribution is 7.85. The summed E-state index contributed by atoms with van der Waals surface area (Å²) in [5.41, 5.74) is 4.19. The Morgan fingerprint density at radius 1 is 1.15 bits per heavy atom. The molecule has 0 aliphatic rings. The van der Waals surface area contributed by atoms with Gasteiger partial charge in [-0.2, -0.15) is 8.42 Å². The number of nitrogens with zero attached hydrogens (tertiary/aromatic N) is 2. The molecule has 0 N–H and O–H groups in total. The highest BCUT2D eigenvalue weighted by Crippen LogP contribution is 2.37. The Kier molecular flexibility index (Phi) is 6.94. The topological polar surface area (TPSA) is 79.7 Å². The van der Waals surface area contributed by atoms with Crippen molar-refractivity contribution in [1.29, 1.82) is 0 Å². The zero-order valence-corrected chi connectivity index (χ0v) is 19.7. The third-order valence-electron chi connectivity index (χ3n) is 5.18. The quantitative estimate of drug-likeness (QED) is 0.410. The molecule has 7 nitrogen and oxygen atoms in total. The first-order valence-corrected chi connectivity index (χ1v) is 11.9. The summed E-state index contributed by atoms with van der Waals surface area (Å²) in [7, 11) is -2.22. The van der Waals surface area contributed by atoms with Crippen LogP contribution >= 0.6 is 0 Å². The van der Waals surface area contributed by atoms with E-state index >= 15 is 0 Å². The van der Waals surface area contributed by atoms with Gasteiger partial charge >= 0.3 is 6.36 Å². The number of aromatic nitrogens is 2. The third kappa shape index (κ3) is 5.77. The lowest BCUT2D eigenvalue weighted by atomic mass is 10.0. The fourth-order valence-corrected chi connectivity index (χ4v) is 4.07. The monoisotopic (exact) mass is 486 g/mol. The Bertz CT molecular complexity index is 1270. The van der Waals surface area contributed by atoms with E-state index in [4.69, 9.17) is 13.9 Å². The van der Waals surface area contributed by atoms with Crippen LogP contribution in [0.5, 0.6) is 11.5 Å². The van der Waals surface area contributed by atoms with Crippen LogP contribution in [-0.4, -0.2) is 44.3 Å². The molecule has 2 aromatic heterocycles. The number of pyridine rings is 1. The smallest absolute Gasteiger partial charge is 0.496 e. The van der Waals surface area contributed by atoms with Gasteiger partial charge in [-0.15, -0.1) is 13.2 Å². The van der Waals surface area contributed by atoms with Gasteiger partial charge in [-0.1, -0.05) is 6.92 Å². The van der Waals surface area contributed by atoms with Crippen molar-refractivity contribution < 1.29 is 35.2 Å². The van der Waals surface area contributed by atoms with Gasteiger partial charge < -0.3 is 14.0 Å². The van der Waals surface area contributed by atoms with Crippen LogP contribution in [0.1, 0.15) is 30.5 Å². The van der Waals surface area contributed by atoms with Gasteiger partial charge in [-0.05, 0) is 49.6 Å². The van der Waals surface area contributed by atoms with Crippen molar-refractivity contribution in [2.75, 3.05) is 20.0 Å². The van der Waals surface area contributed by atoms with E-state index in [2.05, 4.69) is 4.74 Å². The second-order valence-corrected chi connectivity index (χ2v) is 9.35. The molecule has 0 spiro atoms. The number of methoxy groups -OCH3 is 1. The number of benzene rings is 1. The molecule has 11 heteroatoms. The van der Waals surface area contributed by atoms with Crippen LogP contribution < -0.4 is 9.47 Å². The lowest BCUT2D eigenvalue weighted by Crippen LogP contribution is -2.17. The summed E-state index contributed by atoms with van der Waals surface area (Å²) in [4.78, 5) is 4.78. The summed E-state index contributed by atoms with van der Waals surface area (Å²) in [6, 6.07) is 5.54. The van der Waals surface area contributed by atoms with Crippen molar-refractivity contribution in [2.24, 2.45) is 0 Å². The first kappa shape index (κ1) is 24.8. The first-order chi connectivity index (χ1) is 15.3. The van der Waals surface area contributed by atoms with Crippen molar-refractivity contribution in [1.82, 2.24) is 9.55 Å². The van der Waals surface area contributed by atoms with Crippen LogP contribution in [-0.2, 0) is 14.3 Å². The molecule has 0 saturated heterocycles. The molecule has 2 heterocycles.